The summed E-state index contributed by atoms with van der Waals surface area (Å²) in [4.78, 5) is 0. The van der Waals surface area contributed by atoms with Gasteiger partial charge in [0.25, 0.3) is 0 Å². The molecule has 1 heterocycles. The van der Waals surface area contributed by atoms with Crippen molar-refractivity contribution in [3.05, 3.63) is 82.8 Å². The highest BCUT2D eigenvalue weighted by atomic mass is 35.5. The lowest BCUT2D eigenvalue weighted by atomic mass is 10.1. The van der Waals surface area contributed by atoms with E-state index in [1.54, 1.807) is 54.6 Å². The smallest absolute Gasteiger partial charge is 0.134 e. The standard InChI is InChI=1S/C19H11ClFNO/c20-16-6-4-13(5-7-16)15(12-22)11-18-8-9-19(23-18)14-2-1-3-17(21)10-14/h1-11H. The molecule has 0 spiro atoms. The predicted octanol–water partition coefficient (Wildman–Crippen LogP) is 5.80. The first-order valence-electron chi connectivity index (χ1n) is 6.89. The Morgan fingerprint density at radius 2 is 1.87 bits per heavy atom. The summed E-state index contributed by atoms with van der Waals surface area (Å²) < 4.78 is 19.0. The Balaban J connectivity index is 1.93. The molecule has 3 aromatic rings. The van der Waals surface area contributed by atoms with Crippen LogP contribution in [0.3, 0.4) is 0 Å². The van der Waals surface area contributed by atoms with Crippen LogP contribution in [0, 0.1) is 17.1 Å². The van der Waals surface area contributed by atoms with Crippen molar-refractivity contribution in [3.63, 3.8) is 0 Å². The lowest BCUT2D eigenvalue weighted by Gasteiger charge is -1.99. The van der Waals surface area contributed by atoms with Gasteiger partial charge in [-0.3, -0.25) is 0 Å². The molecular formula is C19H11ClFNO. The van der Waals surface area contributed by atoms with Crippen molar-refractivity contribution in [2.24, 2.45) is 0 Å². The molecule has 0 bridgehead atoms. The zero-order chi connectivity index (χ0) is 16.2. The molecule has 23 heavy (non-hydrogen) atoms. The van der Waals surface area contributed by atoms with Crippen molar-refractivity contribution in [2.75, 3.05) is 0 Å². The minimum Gasteiger partial charge on any atom is -0.457 e. The molecule has 0 aliphatic heterocycles. The van der Waals surface area contributed by atoms with E-state index in [-0.39, 0.29) is 5.82 Å². The number of allylic oxidation sites excluding steroid dienone is 1. The van der Waals surface area contributed by atoms with E-state index >= 15 is 0 Å². The number of nitriles is 1. The summed E-state index contributed by atoms with van der Waals surface area (Å²) in [7, 11) is 0. The fourth-order valence-corrected chi connectivity index (χ4v) is 2.31. The van der Waals surface area contributed by atoms with Gasteiger partial charge in [-0.25, -0.2) is 4.39 Å². The summed E-state index contributed by atoms with van der Waals surface area (Å²) in [5.74, 6) is 0.745. The van der Waals surface area contributed by atoms with Gasteiger partial charge in [0.15, 0.2) is 0 Å². The van der Waals surface area contributed by atoms with Crippen LogP contribution in [0.25, 0.3) is 23.0 Å². The average molecular weight is 324 g/mol. The Bertz CT molecular complexity index is 904. The van der Waals surface area contributed by atoms with Gasteiger partial charge in [0.05, 0.1) is 11.6 Å². The van der Waals surface area contributed by atoms with E-state index in [0.29, 0.717) is 27.7 Å². The van der Waals surface area contributed by atoms with Crippen LogP contribution in [0.1, 0.15) is 11.3 Å². The minimum atomic E-state index is -0.324. The van der Waals surface area contributed by atoms with Gasteiger partial charge in [-0.05, 0) is 48.0 Å². The highest BCUT2D eigenvalue weighted by molar-refractivity contribution is 6.30. The molecule has 0 N–H and O–H groups in total. The van der Waals surface area contributed by atoms with E-state index < -0.39 is 0 Å². The number of furan rings is 1. The second kappa shape index (κ2) is 6.51. The van der Waals surface area contributed by atoms with E-state index in [1.165, 1.54) is 12.1 Å². The van der Waals surface area contributed by atoms with Crippen LogP contribution in [-0.4, -0.2) is 0 Å². The predicted molar refractivity (Wildman–Crippen MR) is 89.0 cm³/mol. The molecule has 0 radical (unpaired) electrons. The van der Waals surface area contributed by atoms with Crippen molar-refractivity contribution < 1.29 is 8.81 Å². The molecule has 0 fully saturated rings. The Kier molecular flexibility index (Phi) is 4.27. The molecule has 0 atom stereocenters. The monoisotopic (exact) mass is 323 g/mol. The van der Waals surface area contributed by atoms with E-state index in [9.17, 15) is 9.65 Å². The van der Waals surface area contributed by atoms with Gasteiger partial charge in [-0.2, -0.15) is 5.26 Å². The van der Waals surface area contributed by atoms with Gasteiger partial charge in [0, 0.05) is 10.6 Å². The molecular weight excluding hydrogens is 313 g/mol. The maximum atomic E-state index is 13.3. The molecule has 0 aliphatic carbocycles. The summed E-state index contributed by atoms with van der Waals surface area (Å²) in [6.07, 6.45) is 1.64. The van der Waals surface area contributed by atoms with Crippen LogP contribution in [0.5, 0.6) is 0 Å². The van der Waals surface area contributed by atoms with Crippen LogP contribution in [0.4, 0.5) is 4.39 Å². The van der Waals surface area contributed by atoms with E-state index in [2.05, 4.69) is 6.07 Å². The second-order valence-electron chi connectivity index (χ2n) is 4.89. The number of nitrogens with zero attached hydrogens (tertiary/aromatic N) is 1. The summed E-state index contributed by atoms with van der Waals surface area (Å²) >= 11 is 5.85. The molecule has 0 saturated carbocycles. The molecule has 0 saturated heterocycles. The average Bonchev–Trinajstić information content (AvgIpc) is 3.02. The normalized spacial score (nSPS) is 11.3. The fraction of sp³-hybridized carbons (Fsp3) is 0. The number of hydrogen-bond donors (Lipinski definition) is 0. The van der Waals surface area contributed by atoms with E-state index in [1.807, 2.05) is 0 Å². The van der Waals surface area contributed by atoms with Crippen LogP contribution in [0.2, 0.25) is 5.02 Å². The maximum Gasteiger partial charge on any atom is 0.134 e. The molecule has 2 aromatic carbocycles. The van der Waals surface area contributed by atoms with Crippen molar-refractivity contribution >= 4 is 23.3 Å². The van der Waals surface area contributed by atoms with Gasteiger partial charge in [-0.1, -0.05) is 35.9 Å². The first kappa shape index (κ1) is 15.1. The molecule has 0 unspecified atom stereocenters. The van der Waals surface area contributed by atoms with Crippen molar-refractivity contribution in [1.29, 1.82) is 5.26 Å². The SMILES string of the molecule is N#CC(=Cc1ccc(-c2cccc(F)c2)o1)c1ccc(Cl)cc1. The number of halogens is 2. The van der Waals surface area contributed by atoms with E-state index in [4.69, 9.17) is 16.0 Å². The molecule has 2 nitrogen and oxygen atoms in total. The summed E-state index contributed by atoms with van der Waals surface area (Å²) in [5, 5.41) is 9.94. The summed E-state index contributed by atoms with van der Waals surface area (Å²) in [6, 6.07) is 18.8. The van der Waals surface area contributed by atoms with Gasteiger partial charge in [0.1, 0.15) is 17.3 Å². The fourth-order valence-electron chi connectivity index (χ4n) is 2.18. The summed E-state index contributed by atoms with van der Waals surface area (Å²) in [5.41, 5.74) is 1.86. The molecule has 4 heteroatoms. The largest absolute Gasteiger partial charge is 0.457 e. The zero-order valence-corrected chi connectivity index (χ0v) is 12.7. The number of benzene rings is 2. The Morgan fingerprint density at radius 3 is 2.57 bits per heavy atom. The van der Waals surface area contributed by atoms with Crippen molar-refractivity contribution in [2.45, 2.75) is 0 Å². The molecule has 3 rings (SSSR count). The van der Waals surface area contributed by atoms with Gasteiger partial charge >= 0.3 is 0 Å². The third kappa shape index (κ3) is 3.50. The highest BCUT2D eigenvalue weighted by Gasteiger charge is 2.07. The quantitative estimate of drug-likeness (QED) is 0.571. The number of hydrogen-bond acceptors (Lipinski definition) is 2. The summed E-state index contributed by atoms with van der Waals surface area (Å²) in [6.45, 7) is 0. The van der Waals surface area contributed by atoms with Gasteiger partial charge in [-0.15, -0.1) is 0 Å². The van der Waals surface area contributed by atoms with E-state index in [0.717, 1.165) is 5.56 Å². The highest BCUT2D eigenvalue weighted by Crippen LogP contribution is 2.26. The lowest BCUT2D eigenvalue weighted by Crippen LogP contribution is -1.80. The topological polar surface area (TPSA) is 36.9 Å². The van der Waals surface area contributed by atoms with Crippen molar-refractivity contribution in [1.82, 2.24) is 0 Å². The third-order valence-electron chi connectivity index (χ3n) is 3.30. The first-order valence-corrected chi connectivity index (χ1v) is 7.27. The Labute approximate surface area is 138 Å². The van der Waals surface area contributed by atoms with Gasteiger partial charge < -0.3 is 4.42 Å². The van der Waals surface area contributed by atoms with Crippen LogP contribution in [-0.2, 0) is 0 Å². The molecule has 1 aromatic heterocycles. The van der Waals surface area contributed by atoms with Crippen LogP contribution < -0.4 is 0 Å². The van der Waals surface area contributed by atoms with Gasteiger partial charge in [0.2, 0.25) is 0 Å². The zero-order valence-electron chi connectivity index (χ0n) is 12.0. The Hall–Kier alpha value is -2.83. The first-order chi connectivity index (χ1) is 11.2. The molecule has 0 aliphatic rings. The lowest BCUT2D eigenvalue weighted by molar-refractivity contribution is 0.570. The van der Waals surface area contributed by atoms with Crippen LogP contribution >= 0.6 is 11.6 Å². The Morgan fingerprint density at radius 1 is 1.09 bits per heavy atom. The second-order valence-corrected chi connectivity index (χ2v) is 5.33. The van der Waals surface area contributed by atoms with Crippen molar-refractivity contribution in [3.8, 4) is 17.4 Å². The molecule has 112 valence electrons. The van der Waals surface area contributed by atoms with Crippen LogP contribution in [0.15, 0.2) is 65.1 Å². The minimum absolute atomic E-state index is 0.324. The maximum absolute atomic E-state index is 13.3. The third-order valence-corrected chi connectivity index (χ3v) is 3.55. The molecule has 0 amide bonds. The number of rotatable bonds is 3.